The second-order valence-corrected chi connectivity index (χ2v) is 3.66. The van der Waals surface area contributed by atoms with Crippen molar-refractivity contribution in [2.24, 2.45) is 0 Å². The van der Waals surface area contributed by atoms with Crippen LogP contribution in [0.2, 0.25) is 0 Å². The van der Waals surface area contributed by atoms with E-state index in [1.165, 1.54) is 19.2 Å². The topological polar surface area (TPSA) is 70.0 Å². The SMILES string of the molecule is CCCCN(O)C(=O)c1ccc(OC)cc1O. The molecule has 0 saturated carbocycles. The molecule has 5 nitrogen and oxygen atoms in total. The lowest BCUT2D eigenvalue weighted by Gasteiger charge is -2.15. The van der Waals surface area contributed by atoms with Gasteiger partial charge in [0.15, 0.2) is 0 Å². The Labute approximate surface area is 100 Å². The molecule has 0 aliphatic heterocycles. The predicted molar refractivity (Wildman–Crippen MR) is 62.4 cm³/mol. The van der Waals surface area contributed by atoms with Crippen LogP contribution in [0.1, 0.15) is 30.1 Å². The van der Waals surface area contributed by atoms with E-state index >= 15 is 0 Å². The maximum absolute atomic E-state index is 11.7. The van der Waals surface area contributed by atoms with E-state index in [9.17, 15) is 15.1 Å². The Hall–Kier alpha value is -1.75. The van der Waals surface area contributed by atoms with Crippen molar-refractivity contribution in [3.8, 4) is 11.5 Å². The minimum Gasteiger partial charge on any atom is -0.507 e. The minimum atomic E-state index is -0.612. The molecular formula is C12H17NO4. The molecule has 0 aliphatic rings. The first-order valence-electron chi connectivity index (χ1n) is 5.48. The Balaban J connectivity index is 2.81. The summed E-state index contributed by atoms with van der Waals surface area (Å²) in [5.74, 6) is -0.361. The van der Waals surface area contributed by atoms with E-state index < -0.39 is 5.91 Å². The van der Waals surface area contributed by atoms with Gasteiger partial charge < -0.3 is 9.84 Å². The molecule has 0 heterocycles. The lowest BCUT2D eigenvalue weighted by molar-refractivity contribution is -0.0588. The fourth-order valence-corrected chi connectivity index (χ4v) is 1.37. The summed E-state index contributed by atoms with van der Waals surface area (Å²) >= 11 is 0. The number of hydroxylamine groups is 2. The van der Waals surface area contributed by atoms with E-state index in [0.717, 1.165) is 6.42 Å². The zero-order chi connectivity index (χ0) is 12.8. The number of hydrogen-bond acceptors (Lipinski definition) is 4. The molecule has 0 aromatic heterocycles. The summed E-state index contributed by atoms with van der Waals surface area (Å²) in [6.07, 6.45) is 1.58. The van der Waals surface area contributed by atoms with Crippen LogP contribution in [0.5, 0.6) is 11.5 Å². The Bertz CT molecular complexity index is 392. The highest BCUT2D eigenvalue weighted by Gasteiger charge is 2.17. The molecule has 1 aromatic carbocycles. The molecule has 17 heavy (non-hydrogen) atoms. The van der Waals surface area contributed by atoms with Gasteiger partial charge in [-0.25, -0.2) is 5.06 Å². The van der Waals surface area contributed by atoms with Crippen molar-refractivity contribution in [2.75, 3.05) is 13.7 Å². The van der Waals surface area contributed by atoms with Crippen LogP contribution in [0.4, 0.5) is 0 Å². The number of carbonyl (C=O) groups excluding carboxylic acids is 1. The molecule has 0 aliphatic carbocycles. The molecule has 2 N–H and O–H groups in total. The number of benzene rings is 1. The number of phenols is 1. The second-order valence-electron chi connectivity index (χ2n) is 3.66. The first kappa shape index (κ1) is 13.3. The van der Waals surface area contributed by atoms with Gasteiger partial charge in [0.25, 0.3) is 5.91 Å². The number of rotatable bonds is 5. The summed E-state index contributed by atoms with van der Waals surface area (Å²) < 4.78 is 4.91. The van der Waals surface area contributed by atoms with Crippen molar-refractivity contribution in [2.45, 2.75) is 19.8 Å². The van der Waals surface area contributed by atoms with Gasteiger partial charge in [0.05, 0.1) is 12.7 Å². The number of aromatic hydroxyl groups is 1. The molecule has 0 atom stereocenters. The van der Waals surface area contributed by atoms with Crippen molar-refractivity contribution in [1.29, 1.82) is 0 Å². The number of carbonyl (C=O) groups is 1. The van der Waals surface area contributed by atoms with Crippen molar-refractivity contribution in [3.63, 3.8) is 0 Å². The highest BCUT2D eigenvalue weighted by Crippen LogP contribution is 2.24. The van der Waals surface area contributed by atoms with Crippen LogP contribution in [-0.4, -0.2) is 34.9 Å². The average Bonchev–Trinajstić information content (AvgIpc) is 2.34. The van der Waals surface area contributed by atoms with Gasteiger partial charge in [0.1, 0.15) is 11.5 Å². The third-order valence-electron chi connectivity index (χ3n) is 2.39. The molecule has 1 amide bonds. The first-order chi connectivity index (χ1) is 8.10. The third-order valence-corrected chi connectivity index (χ3v) is 2.39. The van der Waals surface area contributed by atoms with Crippen LogP contribution in [0.15, 0.2) is 18.2 Å². The number of unbranched alkanes of at least 4 members (excludes halogenated alkanes) is 1. The molecule has 5 heteroatoms. The fraction of sp³-hybridized carbons (Fsp3) is 0.417. The van der Waals surface area contributed by atoms with Crippen LogP contribution in [0, 0.1) is 0 Å². The molecule has 0 saturated heterocycles. The van der Waals surface area contributed by atoms with Gasteiger partial charge >= 0.3 is 0 Å². The van der Waals surface area contributed by atoms with Crippen molar-refractivity contribution in [1.82, 2.24) is 5.06 Å². The summed E-state index contributed by atoms with van der Waals surface area (Å²) in [7, 11) is 1.47. The standard InChI is InChI=1S/C12H17NO4/c1-3-4-7-13(16)12(15)10-6-5-9(17-2)8-11(10)14/h5-6,8,14,16H,3-4,7H2,1-2H3. The second kappa shape index (κ2) is 6.10. The minimum absolute atomic E-state index is 0.0596. The summed E-state index contributed by atoms with van der Waals surface area (Å²) in [4.78, 5) is 11.7. The molecule has 94 valence electrons. The van der Waals surface area contributed by atoms with Crippen LogP contribution in [0.3, 0.4) is 0 Å². The van der Waals surface area contributed by atoms with Gasteiger partial charge in [0, 0.05) is 12.6 Å². The normalized spacial score (nSPS) is 10.1. The van der Waals surface area contributed by atoms with E-state index in [2.05, 4.69) is 0 Å². The van der Waals surface area contributed by atoms with E-state index in [1.54, 1.807) is 6.07 Å². The number of nitrogens with zero attached hydrogens (tertiary/aromatic N) is 1. The van der Waals surface area contributed by atoms with Crippen molar-refractivity contribution < 1.29 is 19.8 Å². The highest BCUT2D eigenvalue weighted by molar-refractivity contribution is 5.96. The van der Waals surface area contributed by atoms with Crippen molar-refractivity contribution >= 4 is 5.91 Å². The molecule has 1 rings (SSSR count). The van der Waals surface area contributed by atoms with E-state index in [4.69, 9.17) is 4.74 Å². The van der Waals surface area contributed by atoms with Gasteiger partial charge in [-0.15, -0.1) is 0 Å². The Kier molecular flexibility index (Phi) is 4.78. The molecule has 0 unspecified atom stereocenters. The lowest BCUT2D eigenvalue weighted by Crippen LogP contribution is -2.28. The van der Waals surface area contributed by atoms with E-state index in [-0.39, 0.29) is 17.9 Å². The molecule has 0 radical (unpaired) electrons. The quantitative estimate of drug-likeness (QED) is 0.609. The van der Waals surface area contributed by atoms with E-state index in [1.807, 2.05) is 6.92 Å². The van der Waals surface area contributed by atoms with Gasteiger partial charge in [-0.2, -0.15) is 0 Å². The maximum Gasteiger partial charge on any atom is 0.280 e. The van der Waals surface area contributed by atoms with Gasteiger partial charge in [-0.05, 0) is 18.6 Å². The van der Waals surface area contributed by atoms with Crippen LogP contribution in [-0.2, 0) is 0 Å². The Morgan fingerprint density at radius 1 is 1.47 bits per heavy atom. The number of methoxy groups -OCH3 is 1. The summed E-state index contributed by atoms with van der Waals surface area (Å²) in [5, 5.41) is 19.7. The first-order valence-corrected chi connectivity index (χ1v) is 5.48. The number of hydrogen-bond donors (Lipinski definition) is 2. The zero-order valence-corrected chi connectivity index (χ0v) is 10.0. The zero-order valence-electron chi connectivity index (χ0n) is 10.0. The lowest BCUT2D eigenvalue weighted by atomic mass is 10.1. The highest BCUT2D eigenvalue weighted by atomic mass is 16.5. The number of amides is 1. The van der Waals surface area contributed by atoms with Gasteiger partial charge in [0.2, 0.25) is 0 Å². The Morgan fingerprint density at radius 3 is 2.71 bits per heavy atom. The summed E-state index contributed by atoms with van der Waals surface area (Å²) in [5.41, 5.74) is 0.0596. The van der Waals surface area contributed by atoms with Crippen LogP contribution < -0.4 is 4.74 Å². The number of ether oxygens (including phenoxy) is 1. The molecular weight excluding hydrogens is 222 g/mol. The van der Waals surface area contributed by atoms with E-state index in [0.29, 0.717) is 17.2 Å². The third kappa shape index (κ3) is 3.35. The molecule has 0 bridgehead atoms. The van der Waals surface area contributed by atoms with Crippen molar-refractivity contribution in [3.05, 3.63) is 23.8 Å². The van der Waals surface area contributed by atoms with Gasteiger partial charge in [-0.3, -0.25) is 10.0 Å². The monoisotopic (exact) mass is 239 g/mol. The molecule has 0 fully saturated rings. The van der Waals surface area contributed by atoms with Gasteiger partial charge in [-0.1, -0.05) is 13.3 Å². The average molecular weight is 239 g/mol. The van der Waals surface area contributed by atoms with Crippen LogP contribution >= 0.6 is 0 Å². The predicted octanol–water partition coefficient (Wildman–Crippen LogP) is 2.03. The van der Waals surface area contributed by atoms with Crippen LogP contribution in [0.25, 0.3) is 0 Å². The Morgan fingerprint density at radius 2 is 2.18 bits per heavy atom. The summed E-state index contributed by atoms with van der Waals surface area (Å²) in [6, 6.07) is 4.31. The summed E-state index contributed by atoms with van der Waals surface area (Å²) in [6.45, 7) is 2.21. The number of phenolic OH excluding ortho intramolecular Hbond substituents is 1. The molecule has 1 aromatic rings. The maximum atomic E-state index is 11.7. The fourth-order valence-electron chi connectivity index (χ4n) is 1.37. The largest absolute Gasteiger partial charge is 0.507 e. The smallest absolute Gasteiger partial charge is 0.280 e. The molecule has 0 spiro atoms.